The van der Waals surface area contributed by atoms with Gasteiger partial charge in [-0.1, -0.05) is 18.2 Å². The molecule has 0 radical (unpaired) electrons. The topological polar surface area (TPSA) is 38.0 Å². The number of halogens is 1. The van der Waals surface area contributed by atoms with Crippen molar-refractivity contribution in [3.05, 3.63) is 53.9 Å². The SMILES string of the molecule is CCn1ccnc1CC(O)c1ccccc1F. The van der Waals surface area contributed by atoms with E-state index in [0.717, 1.165) is 12.4 Å². The van der Waals surface area contributed by atoms with Crippen LogP contribution < -0.4 is 0 Å². The molecular weight excluding hydrogens is 219 g/mol. The zero-order valence-corrected chi connectivity index (χ0v) is 9.68. The summed E-state index contributed by atoms with van der Waals surface area (Å²) in [7, 11) is 0. The van der Waals surface area contributed by atoms with Crippen molar-refractivity contribution in [3.63, 3.8) is 0 Å². The second-order valence-corrected chi connectivity index (χ2v) is 3.87. The molecule has 2 rings (SSSR count). The van der Waals surface area contributed by atoms with E-state index >= 15 is 0 Å². The standard InChI is InChI=1S/C13H15FN2O/c1-2-16-8-7-15-13(16)9-12(17)10-5-3-4-6-11(10)14/h3-8,12,17H,2,9H2,1H3. The molecule has 1 aromatic heterocycles. The minimum Gasteiger partial charge on any atom is -0.388 e. The highest BCUT2D eigenvalue weighted by atomic mass is 19.1. The molecule has 0 aliphatic rings. The molecule has 1 unspecified atom stereocenters. The molecule has 0 saturated carbocycles. The van der Waals surface area contributed by atoms with Crippen molar-refractivity contribution in [1.82, 2.24) is 9.55 Å². The Morgan fingerprint density at radius 2 is 2.18 bits per heavy atom. The smallest absolute Gasteiger partial charge is 0.129 e. The van der Waals surface area contributed by atoms with Crippen LogP contribution in [0.1, 0.15) is 24.4 Å². The van der Waals surface area contributed by atoms with Gasteiger partial charge in [-0.2, -0.15) is 0 Å². The molecule has 4 heteroatoms. The lowest BCUT2D eigenvalue weighted by Crippen LogP contribution is -2.09. The summed E-state index contributed by atoms with van der Waals surface area (Å²) in [6.07, 6.45) is 3.00. The molecular formula is C13H15FN2O. The second kappa shape index (κ2) is 5.10. The molecule has 17 heavy (non-hydrogen) atoms. The van der Waals surface area contributed by atoms with E-state index in [1.807, 2.05) is 17.7 Å². The molecule has 90 valence electrons. The molecule has 1 atom stereocenters. The van der Waals surface area contributed by atoms with E-state index in [0.29, 0.717) is 12.0 Å². The molecule has 1 aromatic carbocycles. The van der Waals surface area contributed by atoms with Crippen molar-refractivity contribution in [1.29, 1.82) is 0 Å². The first kappa shape index (κ1) is 11.8. The Labute approximate surface area is 99.5 Å². The van der Waals surface area contributed by atoms with Gasteiger partial charge in [-0.15, -0.1) is 0 Å². The van der Waals surface area contributed by atoms with Crippen LogP contribution >= 0.6 is 0 Å². The molecule has 0 saturated heterocycles. The van der Waals surface area contributed by atoms with Gasteiger partial charge in [0.2, 0.25) is 0 Å². The van der Waals surface area contributed by atoms with Gasteiger partial charge >= 0.3 is 0 Å². The largest absolute Gasteiger partial charge is 0.388 e. The zero-order chi connectivity index (χ0) is 12.3. The summed E-state index contributed by atoms with van der Waals surface area (Å²) < 4.78 is 15.4. The lowest BCUT2D eigenvalue weighted by atomic mass is 10.1. The molecule has 1 N–H and O–H groups in total. The van der Waals surface area contributed by atoms with Crippen molar-refractivity contribution in [2.24, 2.45) is 0 Å². The lowest BCUT2D eigenvalue weighted by Gasteiger charge is -2.12. The minimum absolute atomic E-state index is 0.318. The van der Waals surface area contributed by atoms with E-state index in [-0.39, 0.29) is 5.82 Å². The Morgan fingerprint density at radius 1 is 1.41 bits per heavy atom. The van der Waals surface area contributed by atoms with Gasteiger partial charge in [0.1, 0.15) is 11.6 Å². The molecule has 0 aliphatic heterocycles. The number of benzene rings is 1. The number of aryl methyl sites for hydroxylation is 1. The van der Waals surface area contributed by atoms with E-state index < -0.39 is 6.10 Å². The number of hydrogen-bond donors (Lipinski definition) is 1. The first-order valence-electron chi connectivity index (χ1n) is 5.65. The van der Waals surface area contributed by atoms with Gasteiger partial charge in [-0.25, -0.2) is 9.37 Å². The van der Waals surface area contributed by atoms with Crippen molar-refractivity contribution in [3.8, 4) is 0 Å². The number of imidazole rings is 1. The van der Waals surface area contributed by atoms with Crippen molar-refractivity contribution >= 4 is 0 Å². The number of hydrogen-bond acceptors (Lipinski definition) is 2. The highest BCUT2D eigenvalue weighted by Crippen LogP contribution is 2.20. The fourth-order valence-electron chi connectivity index (χ4n) is 1.85. The Bertz CT molecular complexity index is 496. The number of rotatable bonds is 4. The third kappa shape index (κ3) is 2.53. The molecule has 3 nitrogen and oxygen atoms in total. The maximum absolute atomic E-state index is 13.5. The van der Waals surface area contributed by atoms with Gasteiger partial charge < -0.3 is 9.67 Å². The zero-order valence-electron chi connectivity index (χ0n) is 9.68. The van der Waals surface area contributed by atoms with E-state index in [2.05, 4.69) is 4.98 Å². The quantitative estimate of drug-likeness (QED) is 0.881. The number of aromatic nitrogens is 2. The summed E-state index contributed by atoms with van der Waals surface area (Å²) in [5.41, 5.74) is 0.318. The summed E-state index contributed by atoms with van der Waals surface area (Å²) in [6.45, 7) is 2.79. The van der Waals surface area contributed by atoms with E-state index in [1.54, 1.807) is 24.4 Å². The van der Waals surface area contributed by atoms with Gasteiger partial charge in [0.25, 0.3) is 0 Å². The normalized spacial score (nSPS) is 12.6. The molecule has 0 bridgehead atoms. The first-order valence-corrected chi connectivity index (χ1v) is 5.65. The van der Waals surface area contributed by atoms with Crippen LogP contribution in [0.3, 0.4) is 0 Å². The van der Waals surface area contributed by atoms with Crippen molar-refractivity contribution < 1.29 is 9.50 Å². The predicted molar refractivity (Wildman–Crippen MR) is 63.0 cm³/mol. The van der Waals surface area contributed by atoms with Gasteiger partial charge in [-0.05, 0) is 13.0 Å². The Kier molecular flexibility index (Phi) is 3.54. The number of aliphatic hydroxyl groups excluding tert-OH is 1. The summed E-state index contributed by atoms with van der Waals surface area (Å²) in [6, 6.07) is 6.27. The lowest BCUT2D eigenvalue weighted by molar-refractivity contribution is 0.170. The van der Waals surface area contributed by atoms with Gasteiger partial charge in [-0.3, -0.25) is 0 Å². The van der Waals surface area contributed by atoms with Gasteiger partial charge in [0.05, 0.1) is 6.10 Å². The highest BCUT2D eigenvalue weighted by molar-refractivity contribution is 5.20. The van der Waals surface area contributed by atoms with Crippen LogP contribution in [-0.2, 0) is 13.0 Å². The fourth-order valence-corrected chi connectivity index (χ4v) is 1.85. The maximum Gasteiger partial charge on any atom is 0.129 e. The molecule has 2 aromatic rings. The number of aliphatic hydroxyl groups is 1. The maximum atomic E-state index is 13.5. The molecule has 0 amide bonds. The molecule has 0 spiro atoms. The monoisotopic (exact) mass is 234 g/mol. The Morgan fingerprint density at radius 3 is 2.88 bits per heavy atom. The summed E-state index contributed by atoms with van der Waals surface area (Å²) >= 11 is 0. The predicted octanol–water partition coefficient (Wildman–Crippen LogP) is 2.32. The highest BCUT2D eigenvalue weighted by Gasteiger charge is 2.15. The van der Waals surface area contributed by atoms with Gasteiger partial charge in [0, 0.05) is 30.9 Å². The van der Waals surface area contributed by atoms with Crippen LogP contribution in [0.4, 0.5) is 4.39 Å². The van der Waals surface area contributed by atoms with Crippen LogP contribution in [0, 0.1) is 5.82 Å². The average Bonchev–Trinajstić information content (AvgIpc) is 2.76. The average molecular weight is 234 g/mol. The fraction of sp³-hybridized carbons (Fsp3) is 0.308. The Hall–Kier alpha value is -1.68. The van der Waals surface area contributed by atoms with Crippen LogP contribution in [0.2, 0.25) is 0 Å². The van der Waals surface area contributed by atoms with Crippen molar-refractivity contribution in [2.45, 2.75) is 26.0 Å². The van der Waals surface area contributed by atoms with E-state index in [1.165, 1.54) is 6.07 Å². The first-order chi connectivity index (χ1) is 8.22. The summed E-state index contributed by atoms with van der Waals surface area (Å²) in [4.78, 5) is 4.16. The van der Waals surface area contributed by atoms with Crippen LogP contribution in [0.5, 0.6) is 0 Å². The van der Waals surface area contributed by atoms with Crippen LogP contribution in [0.15, 0.2) is 36.7 Å². The summed E-state index contributed by atoms with van der Waals surface area (Å²) in [5.74, 6) is 0.387. The molecule has 1 heterocycles. The van der Waals surface area contributed by atoms with Crippen LogP contribution in [0.25, 0.3) is 0 Å². The molecule has 0 fully saturated rings. The Balaban J connectivity index is 2.17. The number of nitrogens with zero attached hydrogens (tertiary/aromatic N) is 2. The third-order valence-electron chi connectivity index (χ3n) is 2.78. The van der Waals surface area contributed by atoms with Crippen molar-refractivity contribution in [2.75, 3.05) is 0 Å². The van der Waals surface area contributed by atoms with E-state index in [9.17, 15) is 9.50 Å². The van der Waals surface area contributed by atoms with E-state index in [4.69, 9.17) is 0 Å². The second-order valence-electron chi connectivity index (χ2n) is 3.87. The molecule has 0 aliphatic carbocycles. The summed E-state index contributed by atoms with van der Waals surface area (Å²) in [5, 5.41) is 10.00. The minimum atomic E-state index is -0.858. The van der Waals surface area contributed by atoms with Gasteiger partial charge in [0.15, 0.2) is 0 Å². The van der Waals surface area contributed by atoms with Crippen LogP contribution in [-0.4, -0.2) is 14.7 Å². The third-order valence-corrected chi connectivity index (χ3v) is 2.78.